The van der Waals surface area contributed by atoms with Crippen LogP contribution in [0, 0.1) is 0 Å². The Morgan fingerprint density at radius 1 is 1.54 bits per heavy atom. The molecule has 0 saturated heterocycles. The predicted molar refractivity (Wildman–Crippen MR) is 54.1 cm³/mol. The third-order valence-electron chi connectivity index (χ3n) is 1.55. The first-order chi connectivity index (χ1) is 6.18. The third-order valence-corrected chi connectivity index (χ3v) is 1.75. The Labute approximate surface area is 84.8 Å². The highest BCUT2D eigenvalue weighted by Crippen LogP contribution is 1.91. The number of carbonyl (C=O) groups excluding carboxylic acids is 1. The minimum absolute atomic E-state index is 0.138. The number of halogens is 1. The molecule has 4 heteroatoms. The van der Waals surface area contributed by atoms with Crippen molar-refractivity contribution in [3.8, 4) is 0 Å². The first kappa shape index (κ1) is 12.7. The van der Waals surface area contributed by atoms with Crippen molar-refractivity contribution in [3.05, 3.63) is 0 Å². The van der Waals surface area contributed by atoms with Gasteiger partial charge in [0.25, 0.3) is 0 Å². The lowest BCUT2D eigenvalue weighted by Crippen LogP contribution is -2.32. The summed E-state index contributed by atoms with van der Waals surface area (Å²) >= 11 is 5.54. The lowest BCUT2D eigenvalue weighted by Gasteiger charge is -2.06. The molecule has 0 bridgehead atoms. The van der Waals surface area contributed by atoms with Gasteiger partial charge in [-0.2, -0.15) is 0 Å². The van der Waals surface area contributed by atoms with Crippen molar-refractivity contribution in [2.45, 2.75) is 32.1 Å². The third kappa shape index (κ3) is 8.06. The predicted octanol–water partition coefficient (Wildman–Crippen LogP) is 1.55. The maximum atomic E-state index is 10.9. The second-order valence-electron chi connectivity index (χ2n) is 2.87. The minimum atomic E-state index is -0.462. The van der Waals surface area contributed by atoms with Gasteiger partial charge in [0.2, 0.25) is 5.91 Å². The molecule has 0 rings (SSSR count). The summed E-state index contributed by atoms with van der Waals surface area (Å²) in [5, 5.41) is 2.20. The summed E-state index contributed by atoms with van der Waals surface area (Å²) in [6.45, 7) is 5.63. The van der Waals surface area contributed by atoms with Gasteiger partial charge in [0.1, 0.15) is 5.38 Å². The van der Waals surface area contributed by atoms with Crippen LogP contribution in [0.15, 0.2) is 0 Å². The Kier molecular flexibility index (Phi) is 8.14. The SMILES string of the molecule is CCCCOCCNC(=O)C(C)Cl. The van der Waals surface area contributed by atoms with E-state index in [1.54, 1.807) is 6.92 Å². The Morgan fingerprint density at radius 2 is 2.23 bits per heavy atom. The first-order valence-corrected chi connectivity index (χ1v) is 5.11. The van der Waals surface area contributed by atoms with Crippen molar-refractivity contribution in [1.29, 1.82) is 0 Å². The van der Waals surface area contributed by atoms with E-state index in [4.69, 9.17) is 16.3 Å². The molecule has 0 fully saturated rings. The Hall–Kier alpha value is -0.280. The summed E-state index contributed by atoms with van der Waals surface area (Å²) < 4.78 is 5.25. The highest BCUT2D eigenvalue weighted by atomic mass is 35.5. The lowest BCUT2D eigenvalue weighted by atomic mass is 10.4. The zero-order valence-corrected chi connectivity index (χ0v) is 9.06. The van der Waals surface area contributed by atoms with Gasteiger partial charge in [-0.05, 0) is 13.3 Å². The van der Waals surface area contributed by atoms with Gasteiger partial charge >= 0.3 is 0 Å². The molecule has 3 nitrogen and oxygen atoms in total. The van der Waals surface area contributed by atoms with E-state index >= 15 is 0 Å². The molecular weight excluding hydrogens is 190 g/mol. The zero-order valence-electron chi connectivity index (χ0n) is 8.31. The largest absolute Gasteiger partial charge is 0.380 e. The molecule has 0 aromatic rings. The quantitative estimate of drug-likeness (QED) is 0.508. The average molecular weight is 208 g/mol. The summed E-state index contributed by atoms with van der Waals surface area (Å²) in [5.74, 6) is -0.138. The van der Waals surface area contributed by atoms with Crippen LogP contribution in [0.5, 0.6) is 0 Å². The van der Waals surface area contributed by atoms with E-state index in [9.17, 15) is 4.79 Å². The molecule has 13 heavy (non-hydrogen) atoms. The number of ether oxygens (including phenoxy) is 1. The van der Waals surface area contributed by atoms with Gasteiger partial charge < -0.3 is 10.1 Å². The van der Waals surface area contributed by atoms with Crippen LogP contribution in [-0.4, -0.2) is 31.0 Å². The Balaban J connectivity index is 3.12. The van der Waals surface area contributed by atoms with E-state index in [2.05, 4.69) is 12.2 Å². The van der Waals surface area contributed by atoms with Crippen LogP contribution in [-0.2, 0) is 9.53 Å². The van der Waals surface area contributed by atoms with Crippen molar-refractivity contribution in [2.75, 3.05) is 19.8 Å². The van der Waals surface area contributed by atoms with Crippen LogP contribution < -0.4 is 5.32 Å². The van der Waals surface area contributed by atoms with Gasteiger partial charge in [-0.3, -0.25) is 4.79 Å². The topological polar surface area (TPSA) is 38.3 Å². The molecule has 0 aliphatic carbocycles. The number of alkyl halides is 1. The molecule has 0 spiro atoms. The maximum Gasteiger partial charge on any atom is 0.237 e. The summed E-state index contributed by atoms with van der Waals surface area (Å²) in [7, 11) is 0. The summed E-state index contributed by atoms with van der Waals surface area (Å²) in [5.41, 5.74) is 0. The first-order valence-electron chi connectivity index (χ1n) is 4.68. The molecule has 0 aromatic heterocycles. The fourth-order valence-electron chi connectivity index (χ4n) is 0.735. The normalized spacial score (nSPS) is 12.5. The van der Waals surface area contributed by atoms with Crippen LogP contribution >= 0.6 is 11.6 Å². The van der Waals surface area contributed by atoms with Crippen LogP contribution in [0.3, 0.4) is 0 Å². The van der Waals surface area contributed by atoms with E-state index in [0.717, 1.165) is 19.4 Å². The van der Waals surface area contributed by atoms with Gasteiger partial charge in [0.15, 0.2) is 0 Å². The highest BCUT2D eigenvalue weighted by Gasteiger charge is 2.06. The molecule has 0 radical (unpaired) electrons. The molecule has 1 amide bonds. The van der Waals surface area contributed by atoms with Gasteiger partial charge in [-0.25, -0.2) is 0 Å². The minimum Gasteiger partial charge on any atom is -0.380 e. The van der Waals surface area contributed by atoms with Crippen LogP contribution in [0.25, 0.3) is 0 Å². The second-order valence-corrected chi connectivity index (χ2v) is 3.53. The molecule has 1 unspecified atom stereocenters. The molecule has 0 aromatic carbocycles. The number of amides is 1. The Morgan fingerprint density at radius 3 is 2.77 bits per heavy atom. The van der Waals surface area contributed by atoms with E-state index < -0.39 is 5.38 Å². The zero-order chi connectivity index (χ0) is 10.1. The van der Waals surface area contributed by atoms with Crippen molar-refractivity contribution in [2.24, 2.45) is 0 Å². The molecule has 0 aliphatic rings. The van der Waals surface area contributed by atoms with Crippen LogP contribution in [0.1, 0.15) is 26.7 Å². The van der Waals surface area contributed by atoms with Crippen molar-refractivity contribution in [1.82, 2.24) is 5.32 Å². The van der Waals surface area contributed by atoms with Gasteiger partial charge in [-0.1, -0.05) is 13.3 Å². The number of hydrogen-bond acceptors (Lipinski definition) is 2. The standard InChI is InChI=1S/C9H18ClNO2/c1-3-4-6-13-7-5-11-9(12)8(2)10/h8H,3-7H2,1-2H3,(H,11,12). The lowest BCUT2D eigenvalue weighted by molar-refractivity contribution is -0.120. The fourth-order valence-corrected chi connectivity index (χ4v) is 0.813. The van der Waals surface area contributed by atoms with Crippen LogP contribution in [0.2, 0.25) is 0 Å². The number of unbranched alkanes of at least 4 members (excludes halogenated alkanes) is 1. The van der Waals surface area contributed by atoms with Crippen LogP contribution in [0.4, 0.5) is 0 Å². The van der Waals surface area contributed by atoms with E-state index in [1.807, 2.05) is 0 Å². The summed E-state index contributed by atoms with van der Waals surface area (Å²) in [6, 6.07) is 0. The monoisotopic (exact) mass is 207 g/mol. The molecule has 0 saturated carbocycles. The molecule has 1 N–H and O–H groups in total. The smallest absolute Gasteiger partial charge is 0.237 e. The maximum absolute atomic E-state index is 10.9. The number of nitrogens with one attached hydrogen (secondary N) is 1. The number of hydrogen-bond donors (Lipinski definition) is 1. The molecule has 0 aliphatic heterocycles. The van der Waals surface area contributed by atoms with Crippen molar-refractivity contribution in [3.63, 3.8) is 0 Å². The van der Waals surface area contributed by atoms with Gasteiger partial charge in [0.05, 0.1) is 6.61 Å². The molecule has 1 atom stereocenters. The van der Waals surface area contributed by atoms with Gasteiger partial charge in [0, 0.05) is 13.2 Å². The van der Waals surface area contributed by atoms with Crippen molar-refractivity contribution >= 4 is 17.5 Å². The number of carbonyl (C=O) groups is 1. The second kappa shape index (κ2) is 8.32. The highest BCUT2D eigenvalue weighted by molar-refractivity contribution is 6.30. The summed E-state index contributed by atoms with van der Waals surface area (Å²) in [4.78, 5) is 10.9. The van der Waals surface area contributed by atoms with E-state index in [-0.39, 0.29) is 5.91 Å². The van der Waals surface area contributed by atoms with E-state index in [1.165, 1.54) is 0 Å². The summed E-state index contributed by atoms with van der Waals surface area (Å²) in [6.07, 6.45) is 2.20. The fraction of sp³-hybridized carbons (Fsp3) is 0.889. The molecule has 0 heterocycles. The van der Waals surface area contributed by atoms with E-state index in [0.29, 0.717) is 13.2 Å². The Bertz CT molecular complexity index is 140. The molecular formula is C9H18ClNO2. The average Bonchev–Trinajstić information content (AvgIpc) is 2.10. The number of rotatable bonds is 7. The van der Waals surface area contributed by atoms with Gasteiger partial charge in [-0.15, -0.1) is 11.6 Å². The molecule has 78 valence electrons. The van der Waals surface area contributed by atoms with Crippen molar-refractivity contribution < 1.29 is 9.53 Å².